The van der Waals surface area contributed by atoms with Crippen molar-refractivity contribution >= 4 is 28.7 Å². The molecule has 20 heavy (non-hydrogen) atoms. The Balaban J connectivity index is 2.41. The minimum Gasteiger partial charge on any atom is -0.355 e. The maximum Gasteiger partial charge on any atom is 0.251 e. The molecule has 5 nitrogen and oxygen atoms in total. The Bertz CT molecular complexity index is 486. The van der Waals surface area contributed by atoms with E-state index in [0.717, 1.165) is 5.56 Å². The van der Waals surface area contributed by atoms with E-state index >= 15 is 0 Å². The van der Waals surface area contributed by atoms with Crippen LogP contribution in [0.1, 0.15) is 29.8 Å². The molecule has 0 aliphatic heterocycles. The summed E-state index contributed by atoms with van der Waals surface area (Å²) in [5.41, 5.74) is 1.56. The molecule has 0 aliphatic rings. The standard InChI is InChI=1S/C14H18N2O3S/c1-10(17)15-7-8-16-14(19)13-5-3-12(4-6-13)9-20-11(2)18/h3-6H,7-9H2,1-2H3,(H,15,17)(H,16,19). The van der Waals surface area contributed by atoms with Crippen molar-refractivity contribution in [1.82, 2.24) is 10.6 Å². The molecular weight excluding hydrogens is 276 g/mol. The highest BCUT2D eigenvalue weighted by molar-refractivity contribution is 8.12. The lowest BCUT2D eigenvalue weighted by molar-refractivity contribution is -0.118. The fraction of sp³-hybridized carbons (Fsp3) is 0.357. The number of amides is 2. The van der Waals surface area contributed by atoms with Crippen molar-refractivity contribution in [2.75, 3.05) is 13.1 Å². The van der Waals surface area contributed by atoms with Gasteiger partial charge in [0.05, 0.1) is 0 Å². The lowest BCUT2D eigenvalue weighted by Gasteiger charge is -2.06. The van der Waals surface area contributed by atoms with Crippen LogP contribution in [-0.4, -0.2) is 30.0 Å². The van der Waals surface area contributed by atoms with Gasteiger partial charge in [0.15, 0.2) is 5.12 Å². The summed E-state index contributed by atoms with van der Waals surface area (Å²) >= 11 is 1.24. The highest BCUT2D eigenvalue weighted by Crippen LogP contribution is 2.13. The third kappa shape index (κ3) is 6.38. The van der Waals surface area contributed by atoms with Gasteiger partial charge in [-0.2, -0.15) is 0 Å². The molecule has 2 N–H and O–H groups in total. The van der Waals surface area contributed by atoms with E-state index in [-0.39, 0.29) is 16.9 Å². The number of carbonyl (C=O) groups is 3. The van der Waals surface area contributed by atoms with Gasteiger partial charge in [-0.3, -0.25) is 14.4 Å². The van der Waals surface area contributed by atoms with Crippen molar-refractivity contribution in [2.24, 2.45) is 0 Å². The SMILES string of the molecule is CC(=O)NCCNC(=O)c1ccc(CSC(C)=O)cc1. The molecule has 1 aromatic carbocycles. The second-order valence-electron chi connectivity index (χ2n) is 4.22. The Labute approximate surface area is 122 Å². The minimum atomic E-state index is -0.180. The molecule has 0 spiro atoms. The number of carbonyl (C=O) groups excluding carboxylic acids is 3. The summed E-state index contributed by atoms with van der Waals surface area (Å²) in [5, 5.41) is 5.39. The second kappa shape index (κ2) is 8.37. The average molecular weight is 294 g/mol. The van der Waals surface area contributed by atoms with Gasteiger partial charge in [0, 0.05) is 38.3 Å². The molecule has 0 heterocycles. The molecule has 0 atom stereocenters. The summed E-state index contributed by atoms with van der Waals surface area (Å²) in [6, 6.07) is 7.12. The van der Waals surface area contributed by atoms with Crippen LogP contribution >= 0.6 is 11.8 Å². The summed E-state index contributed by atoms with van der Waals surface area (Å²) in [7, 11) is 0. The van der Waals surface area contributed by atoms with E-state index < -0.39 is 0 Å². The average Bonchev–Trinajstić information content (AvgIpc) is 2.41. The summed E-state index contributed by atoms with van der Waals surface area (Å²) in [4.78, 5) is 33.3. The molecule has 0 unspecified atom stereocenters. The van der Waals surface area contributed by atoms with E-state index in [1.165, 1.54) is 25.6 Å². The molecule has 0 bridgehead atoms. The van der Waals surface area contributed by atoms with Gasteiger partial charge in [0.25, 0.3) is 5.91 Å². The molecule has 0 saturated carbocycles. The van der Waals surface area contributed by atoms with Gasteiger partial charge < -0.3 is 10.6 Å². The minimum absolute atomic E-state index is 0.0739. The maximum atomic E-state index is 11.8. The van der Waals surface area contributed by atoms with Crippen molar-refractivity contribution in [3.05, 3.63) is 35.4 Å². The van der Waals surface area contributed by atoms with Crippen molar-refractivity contribution in [1.29, 1.82) is 0 Å². The summed E-state index contributed by atoms with van der Waals surface area (Å²) in [6.45, 7) is 3.76. The smallest absolute Gasteiger partial charge is 0.251 e. The largest absolute Gasteiger partial charge is 0.355 e. The van der Waals surface area contributed by atoms with Crippen LogP contribution < -0.4 is 10.6 Å². The maximum absolute atomic E-state index is 11.8. The van der Waals surface area contributed by atoms with Crippen LogP contribution in [0.2, 0.25) is 0 Å². The first-order chi connectivity index (χ1) is 9.49. The van der Waals surface area contributed by atoms with Crippen molar-refractivity contribution in [3.8, 4) is 0 Å². The number of hydrogen-bond acceptors (Lipinski definition) is 4. The number of rotatable bonds is 6. The van der Waals surface area contributed by atoms with Gasteiger partial charge in [-0.05, 0) is 17.7 Å². The molecule has 2 amide bonds. The highest BCUT2D eigenvalue weighted by atomic mass is 32.2. The molecule has 108 valence electrons. The highest BCUT2D eigenvalue weighted by Gasteiger charge is 2.05. The first-order valence-corrected chi connectivity index (χ1v) is 7.22. The van der Waals surface area contributed by atoms with Crippen LogP contribution in [0.15, 0.2) is 24.3 Å². The molecule has 1 aromatic rings. The molecule has 0 radical (unpaired) electrons. The fourth-order valence-electron chi connectivity index (χ4n) is 1.45. The van der Waals surface area contributed by atoms with Crippen molar-refractivity contribution < 1.29 is 14.4 Å². The normalized spacial score (nSPS) is 9.90. The third-order valence-electron chi connectivity index (χ3n) is 2.44. The predicted octanol–water partition coefficient (Wildman–Crippen LogP) is 1.33. The molecule has 0 saturated heterocycles. The third-order valence-corrected chi connectivity index (χ3v) is 3.33. The van der Waals surface area contributed by atoms with Crippen LogP contribution in [0.25, 0.3) is 0 Å². The Morgan fingerprint density at radius 3 is 2.15 bits per heavy atom. The molecule has 0 aromatic heterocycles. The van der Waals surface area contributed by atoms with Gasteiger partial charge in [-0.15, -0.1) is 0 Å². The van der Waals surface area contributed by atoms with Crippen LogP contribution in [0, 0.1) is 0 Å². The van der Waals surface area contributed by atoms with Gasteiger partial charge in [-0.25, -0.2) is 0 Å². The Morgan fingerprint density at radius 2 is 1.60 bits per heavy atom. The molecule has 0 fully saturated rings. The monoisotopic (exact) mass is 294 g/mol. The molecule has 6 heteroatoms. The number of nitrogens with one attached hydrogen (secondary N) is 2. The predicted molar refractivity (Wildman–Crippen MR) is 79.4 cm³/mol. The van der Waals surface area contributed by atoms with Crippen molar-refractivity contribution in [2.45, 2.75) is 19.6 Å². The molecule has 1 rings (SSSR count). The van der Waals surface area contributed by atoms with E-state index in [1.807, 2.05) is 12.1 Å². The van der Waals surface area contributed by atoms with E-state index in [2.05, 4.69) is 10.6 Å². The van der Waals surface area contributed by atoms with Crippen molar-refractivity contribution in [3.63, 3.8) is 0 Å². The first kappa shape index (κ1) is 16.2. The zero-order chi connectivity index (χ0) is 15.0. The van der Waals surface area contributed by atoms with E-state index in [4.69, 9.17) is 0 Å². The zero-order valence-corrected chi connectivity index (χ0v) is 12.4. The van der Waals surface area contributed by atoms with Crippen LogP contribution in [0.4, 0.5) is 0 Å². The summed E-state index contributed by atoms with van der Waals surface area (Å²) in [6.07, 6.45) is 0. The van der Waals surface area contributed by atoms with Gasteiger partial charge in [-0.1, -0.05) is 23.9 Å². The molecular formula is C14H18N2O3S. The van der Waals surface area contributed by atoms with E-state index in [1.54, 1.807) is 12.1 Å². The van der Waals surface area contributed by atoms with Crippen LogP contribution in [0.3, 0.4) is 0 Å². The van der Waals surface area contributed by atoms with Gasteiger partial charge in [0.1, 0.15) is 0 Å². The van der Waals surface area contributed by atoms with E-state index in [9.17, 15) is 14.4 Å². The number of benzene rings is 1. The fourth-order valence-corrected chi connectivity index (χ4v) is 2.02. The Hall–Kier alpha value is -1.82. The van der Waals surface area contributed by atoms with Gasteiger partial charge >= 0.3 is 0 Å². The van der Waals surface area contributed by atoms with Crippen LogP contribution in [-0.2, 0) is 15.3 Å². The Morgan fingerprint density at radius 1 is 1.00 bits per heavy atom. The summed E-state index contributed by atoms with van der Waals surface area (Å²) < 4.78 is 0. The van der Waals surface area contributed by atoms with Gasteiger partial charge in [0.2, 0.25) is 5.91 Å². The first-order valence-electron chi connectivity index (χ1n) is 6.24. The topological polar surface area (TPSA) is 75.3 Å². The number of thioether (sulfide) groups is 1. The Kier molecular flexibility index (Phi) is 6.79. The second-order valence-corrected chi connectivity index (χ2v) is 5.37. The lowest BCUT2D eigenvalue weighted by Crippen LogP contribution is -2.33. The van der Waals surface area contributed by atoms with Crippen LogP contribution in [0.5, 0.6) is 0 Å². The lowest BCUT2D eigenvalue weighted by atomic mass is 10.1. The van der Waals surface area contributed by atoms with E-state index in [0.29, 0.717) is 24.4 Å². The summed E-state index contributed by atoms with van der Waals surface area (Å²) in [5.74, 6) is 0.312. The zero-order valence-electron chi connectivity index (χ0n) is 11.6. The number of hydrogen-bond donors (Lipinski definition) is 2. The molecule has 0 aliphatic carbocycles. The quantitative estimate of drug-likeness (QED) is 0.776.